The number of benzene rings is 2. The second-order valence-electron chi connectivity index (χ2n) is 8.41. The molecule has 1 amide bonds. The minimum absolute atomic E-state index is 0.0261. The average Bonchev–Trinajstić information content (AvgIpc) is 3.41. The van der Waals surface area contributed by atoms with Gasteiger partial charge in [0.1, 0.15) is 0 Å². The second-order valence-corrected chi connectivity index (χ2v) is 9.33. The normalized spacial score (nSPS) is 16.1. The molecule has 1 aliphatic heterocycles. The summed E-state index contributed by atoms with van der Waals surface area (Å²) in [6.07, 6.45) is 0.719. The first-order valence-electron chi connectivity index (χ1n) is 11.7. The Labute approximate surface area is 213 Å². The number of aliphatic hydroxyl groups excluding tert-OH is 1. The first-order valence-corrected chi connectivity index (χ1v) is 12.5. The maximum absolute atomic E-state index is 13.7. The van der Waals surface area contributed by atoms with E-state index in [1.54, 1.807) is 17.0 Å². The van der Waals surface area contributed by atoms with Gasteiger partial charge in [-0.25, -0.2) is 0 Å². The standard InChI is InChI=1S/C27H29BrN2O5/c1-4-29(5-2)14-7-15-30-23(17-10-12-19(28)13-11-17)22(25(32)27(30)33)24(31)21-16-18-8-6-9-20(34-3)26(18)35-21/h6,8-13,16,23,32H,4-5,7,14-15H2,1-3H3/t23-/m1/s1. The van der Waals surface area contributed by atoms with Crippen LogP contribution in [-0.4, -0.2) is 59.9 Å². The van der Waals surface area contributed by atoms with Gasteiger partial charge in [0.25, 0.3) is 5.91 Å². The van der Waals surface area contributed by atoms with Gasteiger partial charge in [-0.2, -0.15) is 0 Å². The number of halogens is 1. The SMILES string of the molecule is CCN(CC)CCCN1C(=O)C(O)=C(C(=O)c2cc3cccc(OC)c3o2)[C@H]1c1ccc(Br)cc1. The number of methoxy groups -OCH3 is 1. The summed E-state index contributed by atoms with van der Waals surface area (Å²) in [5, 5.41) is 11.6. The minimum Gasteiger partial charge on any atom is -0.503 e. The summed E-state index contributed by atoms with van der Waals surface area (Å²) in [4.78, 5) is 30.7. The Morgan fingerprint density at radius 3 is 2.54 bits per heavy atom. The number of amides is 1. The van der Waals surface area contributed by atoms with E-state index in [1.807, 2.05) is 36.4 Å². The molecule has 2 aromatic carbocycles. The molecule has 0 spiro atoms. The number of nitrogens with zero attached hydrogens (tertiary/aromatic N) is 2. The summed E-state index contributed by atoms with van der Waals surface area (Å²) in [6.45, 7) is 7.26. The molecule has 0 bridgehead atoms. The van der Waals surface area contributed by atoms with Crippen LogP contribution in [0.4, 0.5) is 0 Å². The van der Waals surface area contributed by atoms with Crippen LogP contribution in [0.5, 0.6) is 5.75 Å². The predicted octanol–water partition coefficient (Wildman–Crippen LogP) is 5.51. The molecule has 0 aliphatic carbocycles. The number of carbonyl (C=O) groups is 2. The molecule has 1 atom stereocenters. The lowest BCUT2D eigenvalue weighted by Crippen LogP contribution is -2.34. The largest absolute Gasteiger partial charge is 0.503 e. The zero-order valence-corrected chi connectivity index (χ0v) is 21.7. The van der Waals surface area contributed by atoms with Gasteiger partial charge < -0.3 is 24.1 Å². The number of ether oxygens (including phenoxy) is 1. The second kappa shape index (κ2) is 10.7. The summed E-state index contributed by atoms with van der Waals surface area (Å²) >= 11 is 3.44. The third kappa shape index (κ3) is 4.86. The van der Waals surface area contributed by atoms with E-state index < -0.39 is 23.5 Å². The molecule has 3 aromatic rings. The van der Waals surface area contributed by atoms with Crippen LogP contribution in [0.3, 0.4) is 0 Å². The smallest absolute Gasteiger partial charge is 0.290 e. The molecule has 1 N–H and O–H groups in total. The highest BCUT2D eigenvalue weighted by atomic mass is 79.9. The summed E-state index contributed by atoms with van der Waals surface area (Å²) < 4.78 is 12.1. The third-order valence-corrected chi connectivity index (χ3v) is 6.98. The molecule has 0 saturated carbocycles. The van der Waals surface area contributed by atoms with E-state index in [2.05, 4.69) is 34.7 Å². The quantitative estimate of drug-likeness (QED) is 0.341. The van der Waals surface area contributed by atoms with Gasteiger partial charge in [-0.3, -0.25) is 9.59 Å². The Balaban J connectivity index is 1.71. The van der Waals surface area contributed by atoms with Crippen molar-refractivity contribution in [1.82, 2.24) is 9.80 Å². The molecule has 2 heterocycles. The molecule has 0 saturated heterocycles. The van der Waals surface area contributed by atoms with Crippen LogP contribution >= 0.6 is 15.9 Å². The topological polar surface area (TPSA) is 83.2 Å². The lowest BCUT2D eigenvalue weighted by Gasteiger charge is -2.28. The van der Waals surface area contributed by atoms with Gasteiger partial charge in [0.05, 0.1) is 18.7 Å². The van der Waals surface area contributed by atoms with Crippen molar-refractivity contribution in [1.29, 1.82) is 0 Å². The molecule has 7 nitrogen and oxygen atoms in total. The monoisotopic (exact) mass is 540 g/mol. The lowest BCUT2D eigenvalue weighted by molar-refractivity contribution is -0.129. The first kappa shape index (κ1) is 25.0. The summed E-state index contributed by atoms with van der Waals surface area (Å²) in [5.41, 5.74) is 1.21. The molecule has 1 aromatic heterocycles. The van der Waals surface area contributed by atoms with Crippen molar-refractivity contribution < 1.29 is 23.8 Å². The highest BCUT2D eigenvalue weighted by Crippen LogP contribution is 2.40. The maximum Gasteiger partial charge on any atom is 0.290 e. The van der Waals surface area contributed by atoms with Crippen LogP contribution in [0.25, 0.3) is 11.0 Å². The van der Waals surface area contributed by atoms with Gasteiger partial charge in [0.2, 0.25) is 5.78 Å². The number of para-hydroxylation sites is 1. The van der Waals surface area contributed by atoms with E-state index in [4.69, 9.17) is 9.15 Å². The Hall–Kier alpha value is -3.10. The Bertz CT molecular complexity index is 1260. The molecule has 8 heteroatoms. The maximum atomic E-state index is 13.7. The molecule has 1 aliphatic rings. The van der Waals surface area contributed by atoms with E-state index in [9.17, 15) is 14.7 Å². The fourth-order valence-electron chi connectivity index (χ4n) is 4.55. The Kier molecular flexibility index (Phi) is 7.62. The van der Waals surface area contributed by atoms with E-state index in [-0.39, 0.29) is 11.3 Å². The van der Waals surface area contributed by atoms with Gasteiger partial charge in [-0.15, -0.1) is 0 Å². The van der Waals surface area contributed by atoms with Gasteiger partial charge in [-0.05, 0) is 55.9 Å². The van der Waals surface area contributed by atoms with Crippen LogP contribution in [0.2, 0.25) is 0 Å². The van der Waals surface area contributed by atoms with Gasteiger partial charge in [-0.1, -0.05) is 54.0 Å². The Morgan fingerprint density at radius 2 is 1.89 bits per heavy atom. The fourth-order valence-corrected chi connectivity index (χ4v) is 4.82. The average molecular weight is 541 g/mol. The molecule has 0 radical (unpaired) electrons. The molecule has 4 rings (SSSR count). The summed E-state index contributed by atoms with van der Waals surface area (Å²) in [5.74, 6) is -1.04. The van der Waals surface area contributed by atoms with E-state index in [0.29, 0.717) is 23.3 Å². The molecular formula is C27H29BrN2O5. The number of carbonyl (C=O) groups excluding carboxylic acids is 2. The molecule has 35 heavy (non-hydrogen) atoms. The van der Waals surface area contributed by atoms with Crippen LogP contribution in [0.15, 0.2) is 68.8 Å². The zero-order valence-electron chi connectivity index (χ0n) is 20.1. The fraction of sp³-hybridized carbons (Fsp3) is 0.333. The van der Waals surface area contributed by atoms with Crippen molar-refractivity contribution in [3.8, 4) is 5.75 Å². The molecule has 0 fully saturated rings. The van der Waals surface area contributed by atoms with Crippen molar-refractivity contribution in [3.63, 3.8) is 0 Å². The number of hydrogen-bond acceptors (Lipinski definition) is 6. The number of ketones is 1. The third-order valence-electron chi connectivity index (χ3n) is 6.45. The van der Waals surface area contributed by atoms with E-state index in [0.717, 1.165) is 36.1 Å². The van der Waals surface area contributed by atoms with Crippen molar-refractivity contribution in [2.75, 3.05) is 33.3 Å². The predicted molar refractivity (Wildman–Crippen MR) is 138 cm³/mol. The Morgan fingerprint density at radius 1 is 1.17 bits per heavy atom. The lowest BCUT2D eigenvalue weighted by atomic mass is 9.95. The summed E-state index contributed by atoms with van der Waals surface area (Å²) in [7, 11) is 1.53. The number of fused-ring (bicyclic) bond motifs is 1. The zero-order chi connectivity index (χ0) is 25.1. The summed E-state index contributed by atoms with van der Waals surface area (Å²) in [6, 6.07) is 13.7. The highest BCUT2D eigenvalue weighted by Gasteiger charge is 2.44. The van der Waals surface area contributed by atoms with Crippen LogP contribution < -0.4 is 4.74 Å². The van der Waals surface area contributed by atoms with Crippen LogP contribution in [0.1, 0.15) is 42.4 Å². The van der Waals surface area contributed by atoms with Crippen LogP contribution in [-0.2, 0) is 4.79 Å². The highest BCUT2D eigenvalue weighted by molar-refractivity contribution is 9.10. The molecule has 184 valence electrons. The number of furan rings is 1. The first-order chi connectivity index (χ1) is 16.9. The van der Waals surface area contributed by atoms with Crippen molar-refractivity contribution >= 4 is 38.6 Å². The van der Waals surface area contributed by atoms with E-state index >= 15 is 0 Å². The van der Waals surface area contributed by atoms with Gasteiger partial charge >= 0.3 is 0 Å². The molecular weight excluding hydrogens is 512 g/mol. The number of hydrogen-bond donors (Lipinski definition) is 1. The van der Waals surface area contributed by atoms with Crippen molar-refractivity contribution in [2.24, 2.45) is 0 Å². The van der Waals surface area contributed by atoms with E-state index in [1.165, 1.54) is 7.11 Å². The number of rotatable bonds is 10. The minimum atomic E-state index is -0.713. The van der Waals surface area contributed by atoms with Gasteiger partial charge in [0, 0.05) is 16.4 Å². The number of aliphatic hydroxyl groups is 1. The molecule has 0 unspecified atom stereocenters. The van der Waals surface area contributed by atoms with Crippen molar-refractivity contribution in [3.05, 3.63) is 75.7 Å². The number of Topliss-reactive ketones (excluding diaryl/α,β-unsaturated/α-hetero) is 1. The van der Waals surface area contributed by atoms with Gasteiger partial charge in [0.15, 0.2) is 22.9 Å². The van der Waals surface area contributed by atoms with Crippen molar-refractivity contribution in [2.45, 2.75) is 26.3 Å². The van der Waals surface area contributed by atoms with Crippen LogP contribution in [0, 0.1) is 0 Å².